The van der Waals surface area contributed by atoms with Crippen molar-refractivity contribution in [1.82, 2.24) is 0 Å². The molecule has 0 amide bonds. The molecular weight excluding hydrogens is 247 g/mol. The van der Waals surface area contributed by atoms with Gasteiger partial charge in [-0.1, -0.05) is 30.3 Å². The zero-order chi connectivity index (χ0) is 13.5. The lowest BCUT2D eigenvalue weighted by Gasteiger charge is -2.30. The number of ether oxygens (including phenoxy) is 1. The standard InChI is InChI=1S/C15H17FO3/c16-15(8-11-6-12(15)13(17)7-11)14(18)19-9-10-4-2-1-3-5-10/h1-5,11-13,17H,6-9H2/t11-,12+,13-,15-/m0/s1. The summed E-state index contributed by atoms with van der Waals surface area (Å²) < 4.78 is 19.8. The van der Waals surface area contributed by atoms with Crippen molar-refractivity contribution < 1.29 is 19.0 Å². The van der Waals surface area contributed by atoms with Gasteiger partial charge in [0.1, 0.15) is 6.61 Å². The molecule has 2 aliphatic carbocycles. The molecule has 1 aromatic rings. The van der Waals surface area contributed by atoms with Gasteiger partial charge in [0.05, 0.1) is 6.10 Å². The first-order chi connectivity index (χ1) is 9.09. The van der Waals surface area contributed by atoms with E-state index >= 15 is 0 Å². The van der Waals surface area contributed by atoms with Crippen molar-refractivity contribution in [3.63, 3.8) is 0 Å². The van der Waals surface area contributed by atoms with Gasteiger partial charge in [-0.2, -0.15) is 0 Å². The van der Waals surface area contributed by atoms with Crippen LogP contribution in [0.15, 0.2) is 30.3 Å². The van der Waals surface area contributed by atoms with E-state index in [0.717, 1.165) is 5.56 Å². The molecule has 4 heteroatoms. The Morgan fingerprint density at radius 1 is 1.37 bits per heavy atom. The third-order valence-corrected chi connectivity index (χ3v) is 4.35. The fourth-order valence-corrected chi connectivity index (χ4v) is 3.43. The van der Waals surface area contributed by atoms with E-state index < -0.39 is 23.7 Å². The molecule has 0 saturated heterocycles. The minimum atomic E-state index is -1.99. The van der Waals surface area contributed by atoms with Crippen LogP contribution in [-0.2, 0) is 16.1 Å². The van der Waals surface area contributed by atoms with Crippen LogP contribution in [0.3, 0.4) is 0 Å². The number of carbonyl (C=O) groups is 1. The Bertz CT molecular complexity index is 476. The quantitative estimate of drug-likeness (QED) is 0.852. The minimum absolute atomic E-state index is 0.0822. The number of alkyl halides is 1. The highest BCUT2D eigenvalue weighted by Crippen LogP contribution is 2.53. The van der Waals surface area contributed by atoms with E-state index in [0.29, 0.717) is 12.8 Å². The number of hydrogen-bond donors (Lipinski definition) is 1. The van der Waals surface area contributed by atoms with Crippen molar-refractivity contribution in [3.8, 4) is 0 Å². The maximum Gasteiger partial charge on any atom is 0.344 e. The van der Waals surface area contributed by atoms with E-state index in [1.54, 1.807) is 0 Å². The summed E-state index contributed by atoms with van der Waals surface area (Å²) in [6.45, 7) is 0.0822. The monoisotopic (exact) mass is 264 g/mol. The van der Waals surface area contributed by atoms with Gasteiger partial charge in [0.2, 0.25) is 5.67 Å². The van der Waals surface area contributed by atoms with E-state index in [1.807, 2.05) is 30.3 Å². The number of halogens is 1. The van der Waals surface area contributed by atoms with E-state index in [9.17, 15) is 14.3 Å². The Kier molecular flexibility index (Phi) is 3.05. The number of esters is 1. The van der Waals surface area contributed by atoms with Crippen molar-refractivity contribution in [2.24, 2.45) is 11.8 Å². The zero-order valence-electron chi connectivity index (χ0n) is 10.6. The SMILES string of the molecule is O=C(OCc1ccccc1)[C@]1(F)C[C@H]2C[C@@H]1[C@@H](O)C2. The molecule has 0 radical (unpaired) electrons. The summed E-state index contributed by atoms with van der Waals surface area (Å²) in [6, 6.07) is 9.21. The summed E-state index contributed by atoms with van der Waals surface area (Å²) in [5.41, 5.74) is -1.15. The fraction of sp³-hybridized carbons (Fsp3) is 0.533. The van der Waals surface area contributed by atoms with Crippen molar-refractivity contribution >= 4 is 5.97 Å². The maximum atomic E-state index is 14.7. The molecule has 3 nitrogen and oxygen atoms in total. The van der Waals surface area contributed by atoms with Gasteiger partial charge in [-0.15, -0.1) is 0 Å². The summed E-state index contributed by atoms with van der Waals surface area (Å²) in [4.78, 5) is 12.0. The lowest BCUT2D eigenvalue weighted by atomic mass is 9.84. The lowest BCUT2D eigenvalue weighted by Crippen LogP contribution is -2.45. The van der Waals surface area contributed by atoms with E-state index in [1.165, 1.54) is 0 Å². The zero-order valence-corrected chi connectivity index (χ0v) is 10.6. The highest BCUT2D eigenvalue weighted by Gasteiger charge is 2.61. The van der Waals surface area contributed by atoms with Gasteiger partial charge in [-0.05, 0) is 30.7 Å². The number of aliphatic hydroxyl groups excluding tert-OH is 1. The highest BCUT2D eigenvalue weighted by atomic mass is 19.1. The first kappa shape index (κ1) is 12.6. The Morgan fingerprint density at radius 3 is 2.74 bits per heavy atom. The van der Waals surface area contributed by atoms with E-state index in [-0.39, 0.29) is 18.9 Å². The van der Waals surface area contributed by atoms with Crippen molar-refractivity contribution in [3.05, 3.63) is 35.9 Å². The first-order valence-corrected chi connectivity index (χ1v) is 6.68. The Labute approximate surface area is 111 Å². The molecule has 102 valence electrons. The van der Waals surface area contributed by atoms with Crippen LogP contribution in [0, 0.1) is 11.8 Å². The van der Waals surface area contributed by atoms with Crippen LogP contribution >= 0.6 is 0 Å². The number of rotatable bonds is 3. The third kappa shape index (κ3) is 2.14. The molecular formula is C15H17FO3. The van der Waals surface area contributed by atoms with E-state index in [4.69, 9.17) is 4.74 Å². The molecule has 2 bridgehead atoms. The second-order valence-electron chi connectivity index (χ2n) is 5.64. The van der Waals surface area contributed by atoms with Crippen LogP contribution in [0.4, 0.5) is 4.39 Å². The highest BCUT2D eigenvalue weighted by molar-refractivity contribution is 5.80. The molecule has 4 atom stereocenters. The summed E-state index contributed by atoms with van der Waals surface area (Å²) in [6.07, 6.45) is 0.705. The summed E-state index contributed by atoms with van der Waals surface area (Å²) in [5, 5.41) is 9.74. The fourth-order valence-electron chi connectivity index (χ4n) is 3.43. The maximum absolute atomic E-state index is 14.7. The number of benzene rings is 1. The number of fused-ring (bicyclic) bond motifs is 2. The average molecular weight is 264 g/mol. The second kappa shape index (κ2) is 4.60. The predicted octanol–water partition coefficient (Wildman–Crippen LogP) is 2.23. The van der Waals surface area contributed by atoms with Gasteiger partial charge in [-0.25, -0.2) is 9.18 Å². The lowest BCUT2D eigenvalue weighted by molar-refractivity contribution is -0.166. The normalized spacial score (nSPS) is 36.4. The molecule has 2 aliphatic rings. The third-order valence-electron chi connectivity index (χ3n) is 4.35. The van der Waals surface area contributed by atoms with Gasteiger partial charge >= 0.3 is 5.97 Å². The summed E-state index contributed by atoms with van der Waals surface area (Å²) in [7, 11) is 0. The number of hydrogen-bond acceptors (Lipinski definition) is 3. The first-order valence-electron chi connectivity index (χ1n) is 6.68. The van der Waals surface area contributed by atoms with E-state index in [2.05, 4.69) is 0 Å². The molecule has 0 spiro atoms. The molecule has 0 heterocycles. The Morgan fingerprint density at radius 2 is 2.11 bits per heavy atom. The molecule has 0 unspecified atom stereocenters. The Hall–Kier alpha value is -1.42. The van der Waals surface area contributed by atoms with Crippen LogP contribution in [0.25, 0.3) is 0 Å². The molecule has 0 aromatic heterocycles. The largest absolute Gasteiger partial charge is 0.458 e. The van der Waals surface area contributed by atoms with Gasteiger partial charge < -0.3 is 9.84 Å². The van der Waals surface area contributed by atoms with Gasteiger partial charge in [0, 0.05) is 5.92 Å². The molecule has 3 rings (SSSR count). The van der Waals surface area contributed by atoms with Crippen molar-refractivity contribution in [2.45, 2.75) is 37.6 Å². The van der Waals surface area contributed by atoms with Crippen LogP contribution in [-0.4, -0.2) is 22.8 Å². The minimum Gasteiger partial charge on any atom is -0.458 e. The van der Waals surface area contributed by atoms with Gasteiger partial charge in [0.15, 0.2) is 0 Å². The molecule has 1 aromatic carbocycles. The molecule has 2 saturated carbocycles. The topological polar surface area (TPSA) is 46.5 Å². The van der Waals surface area contributed by atoms with Crippen molar-refractivity contribution in [1.29, 1.82) is 0 Å². The van der Waals surface area contributed by atoms with Crippen molar-refractivity contribution in [2.75, 3.05) is 0 Å². The van der Waals surface area contributed by atoms with Crippen LogP contribution < -0.4 is 0 Å². The predicted molar refractivity (Wildman–Crippen MR) is 66.9 cm³/mol. The summed E-state index contributed by atoms with van der Waals surface area (Å²) >= 11 is 0. The average Bonchev–Trinajstić information content (AvgIpc) is 2.93. The summed E-state index contributed by atoms with van der Waals surface area (Å²) in [5.74, 6) is -1.28. The molecule has 19 heavy (non-hydrogen) atoms. The van der Waals surface area contributed by atoms with Crippen LogP contribution in [0.1, 0.15) is 24.8 Å². The van der Waals surface area contributed by atoms with Gasteiger partial charge in [-0.3, -0.25) is 0 Å². The van der Waals surface area contributed by atoms with Crippen LogP contribution in [0.5, 0.6) is 0 Å². The smallest absolute Gasteiger partial charge is 0.344 e. The number of aliphatic hydroxyl groups is 1. The molecule has 2 fully saturated rings. The van der Waals surface area contributed by atoms with Gasteiger partial charge in [0.25, 0.3) is 0 Å². The molecule has 1 N–H and O–H groups in total. The second-order valence-corrected chi connectivity index (χ2v) is 5.64. The number of carbonyl (C=O) groups excluding carboxylic acids is 1. The van der Waals surface area contributed by atoms with Crippen LogP contribution in [0.2, 0.25) is 0 Å². The molecule has 0 aliphatic heterocycles. The Balaban J connectivity index is 1.65.